The molecule has 0 spiro atoms. The summed E-state index contributed by atoms with van der Waals surface area (Å²) < 4.78 is 5.64. The summed E-state index contributed by atoms with van der Waals surface area (Å²) >= 11 is 0. The zero-order valence-electron chi connectivity index (χ0n) is 14.2. The van der Waals surface area contributed by atoms with Gasteiger partial charge in [-0.15, -0.1) is 0 Å². The Labute approximate surface area is 138 Å². The van der Waals surface area contributed by atoms with Gasteiger partial charge in [0.05, 0.1) is 6.61 Å². The van der Waals surface area contributed by atoms with Gasteiger partial charge in [-0.05, 0) is 36.6 Å². The molecule has 1 aliphatic rings. The molecule has 0 unspecified atom stereocenters. The van der Waals surface area contributed by atoms with Crippen molar-refractivity contribution in [2.45, 2.75) is 27.2 Å². The molecule has 0 saturated carbocycles. The fourth-order valence-corrected chi connectivity index (χ4v) is 2.57. The standard InChI is InChI=1S/C18H26N2O3/c1-14(2)13-23-17-7-5-16(6-8-17)18(22)20-10-4-9-19(11-12-20)15(3)21/h5-8,14H,4,9-13H2,1-3H3. The average Bonchev–Trinajstić information content (AvgIpc) is 2.79. The predicted molar refractivity (Wildman–Crippen MR) is 89.5 cm³/mol. The Hall–Kier alpha value is -2.04. The van der Waals surface area contributed by atoms with Crippen LogP contribution in [0.15, 0.2) is 24.3 Å². The Morgan fingerprint density at radius 3 is 2.26 bits per heavy atom. The van der Waals surface area contributed by atoms with Crippen LogP contribution >= 0.6 is 0 Å². The summed E-state index contributed by atoms with van der Waals surface area (Å²) in [7, 11) is 0. The molecule has 23 heavy (non-hydrogen) atoms. The van der Waals surface area contributed by atoms with Crippen molar-refractivity contribution in [3.05, 3.63) is 29.8 Å². The van der Waals surface area contributed by atoms with Crippen molar-refractivity contribution in [1.29, 1.82) is 0 Å². The van der Waals surface area contributed by atoms with Crippen LogP contribution in [0.4, 0.5) is 0 Å². The Kier molecular flexibility index (Phi) is 6.02. The van der Waals surface area contributed by atoms with Gasteiger partial charge in [-0.1, -0.05) is 13.8 Å². The number of hydrogen-bond acceptors (Lipinski definition) is 3. The first-order valence-corrected chi connectivity index (χ1v) is 8.25. The summed E-state index contributed by atoms with van der Waals surface area (Å²) in [5.74, 6) is 1.35. The van der Waals surface area contributed by atoms with Crippen LogP contribution in [0, 0.1) is 5.92 Å². The molecular formula is C18H26N2O3. The molecule has 1 aromatic carbocycles. The van der Waals surface area contributed by atoms with E-state index in [1.807, 2.05) is 29.2 Å². The molecule has 0 atom stereocenters. The number of hydrogen-bond donors (Lipinski definition) is 0. The van der Waals surface area contributed by atoms with Crippen LogP contribution in [0.25, 0.3) is 0 Å². The molecule has 1 aromatic rings. The minimum absolute atomic E-state index is 0.0193. The minimum Gasteiger partial charge on any atom is -0.493 e. The summed E-state index contributed by atoms with van der Waals surface area (Å²) in [6.07, 6.45) is 0.820. The van der Waals surface area contributed by atoms with E-state index < -0.39 is 0 Å². The lowest BCUT2D eigenvalue weighted by molar-refractivity contribution is -0.128. The van der Waals surface area contributed by atoms with E-state index in [-0.39, 0.29) is 11.8 Å². The lowest BCUT2D eigenvalue weighted by Gasteiger charge is -2.21. The highest BCUT2D eigenvalue weighted by atomic mass is 16.5. The maximum Gasteiger partial charge on any atom is 0.253 e. The van der Waals surface area contributed by atoms with Gasteiger partial charge in [-0.25, -0.2) is 0 Å². The lowest BCUT2D eigenvalue weighted by atomic mass is 10.2. The molecule has 0 aromatic heterocycles. The molecule has 5 heteroatoms. The second kappa shape index (κ2) is 7.99. The summed E-state index contributed by atoms with van der Waals surface area (Å²) in [5, 5.41) is 0. The third kappa shape index (κ3) is 4.98. The van der Waals surface area contributed by atoms with Crippen molar-refractivity contribution >= 4 is 11.8 Å². The van der Waals surface area contributed by atoms with Gasteiger partial charge in [0.2, 0.25) is 5.91 Å². The molecule has 0 aliphatic carbocycles. The number of amides is 2. The van der Waals surface area contributed by atoms with Crippen LogP contribution in [0.2, 0.25) is 0 Å². The first-order valence-electron chi connectivity index (χ1n) is 8.25. The minimum atomic E-state index is 0.0193. The summed E-state index contributed by atoms with van der Waals surface area (Å²) in [5.41, 5.74) is 0.665. The highest BCUT2D eigenvalue weighted by Gasteiger charge is 2.21. The molecule has 1 fully saturated rings. The maximum atomic E-state index is 12.6. The Morgan fingerprint density at radius 1 is 1.04 bits per heavy atom. The first-order chi connectivity index (χ1) is 11.0. The van der Waals surface area contributed by atoms with Crippen molar-refractivity contribution < 1.29 is 14.3 Å². The predicted octanol–water partition coefficient (Wildman–Crippen LogP) is 2.42. The zero-order valence-corrected chi connectivity index (χ0v) is 14.2. The van der Waals surface area contributed by atoms with Crippen molar-refractivity contribution in [1.82, 2.24) is 9.80 Å². The van der Waals surface area contributed by atoms with E-state index >= 15 is 0 Å². The molecule has 0 bridgehead atoms. The number of benzene rings is 1. The van der Waals surface area contributed by atoms with Crippen molar-refractivity contribution in [3.8, 4) is 5.75 Å². The van der Waals surface area contributed by atoms with E-state index in [4.69, 9.17) is 4.74 Å². The Morgan fingerprint density at radius 2 is 1.65 bits per heavy atom. The van der Waals surface area contributed by atoms with E-state index in [2.05, 4.69) is 13.8 Å². The molecule has 0 N–H and O–H groups in total. The van der Waals surface area contributed by atoms with E-state index in [0.717, 1.165) is 18.7 Å². The molecule has 2 rings (SSSR count). The monoisotopic (exact) mass is 318 g/mol. The molecule has 0 radical (unpaired) electrons. The molecule has 2 amide bonds. The SMILES string of the molecule is CC(=O)N1CCCN(C(=O)c2ccc(OCC(C)C)cc2)CC1. The van der Waals surface area contributed by atoms with Crippen LogP contribution in [-0.4, -0.2) is 54.4 Å². The topological polar surface area (TPSA) is 49.9 Å². The van der Waals surface area contributed by atoms with Crippen LogP contribution in [0.3, 0.4) is 0 Å². The van der Waals surface area contributed by atoms with Crippen molar-refractivity contribution in [2.75, 3.05) is 32.8 Å². The van der Waals surface area contributed by atoms with Gasteiger partial charge in [0.1, 0.15) is 5.75 Å². The lowest BCUT2D eigenvalue weighted by Crippen LogP contribution is -2.36. The molecule has 1 aliphatic heterocycles. The van der Waals surface area contributed by atoms with E-state index in [9.17, 15) is 9.59 Å². The summed E-state index contributed by atoms with van der Waals surface area (Å²) in [6, 6.07) is 7.31. The molecule has 1 heterocycles. The van der Waals surface area contributed by atoms with E-state index in [0.29, 0.717) is 37.7 Å². The van der Waals surface area contributed by atoms with E-state index in [1.54, 1.807) is 11.8 Å². The third-order valence-electron chi connectivity index (χ3n) is 3.91. The fraction of sp³-hybridized carbons (Fsp3) is 0.556. The zero-order chi connectivity index (χ0) is 16.8. The van der Waals surface area contributed by atoms with Gasteiger partial charge in [-0.2, -0.15) is 0 Å². The quantitative estimate of drug-likeness (QED) is 0.856. The van der Waals surface area contributed by atoms with Crippen molar-refractivity contribution in [2.24, 2.45) is 5.92 Å². The normalized spacial score (nSPS) is 15.5. The van der Waals surface area contributed by atoms with Gasteiger partial charge < -0.3 is 14.5 Å². The summed E-state index contributed by atoms with van der Waals surface area (Å²) in [4.78, 5) is 27.7. The highest BCUT2D eigenvalue weighted by molar-refractivity contribution is 5.94. The van der Waals surface area contributed by atoms with Crippen LogP contribution in [-0.2, 0) is 4.79 Å². The largest absolute Gasteiger partial charge is 0.493 e. The number of rotatable bonds is 4. The third-order valence-corrected chi connectivity index (χ3v) is 3.91. The van der Waals surface area contributed by atoms with Crippen LogP contribution in [0.1, 0.15) is 37.6 Å². The van der Waals surface area contributed by atoms with Gasteiger partial charge in [0, 0.05) is 38.7 Å². The molecule has 1 saturated heterocycles. The average molecular weight is 318 g/mol. The van der Waals surface area contributed by atoms with Crippen molar-refractivity contribution in [3.63, 3.8) is 0 Å². The fourth-order valence-electron chi connectivity index (χ4n) is 2.57. The van der Waals surface area contributed by atoms with Gasteiger partial charge >= 0.3 is 0 Å². The highest BCUT2D eigenvalue weighted by Crippen LogP contribution is 2.16. The van der Waals surface area contributed by atoms with Gasteiger partial charge in [0.25, 0.3) is 5.91 Å². The summed E-state index contributed by atoms with van der Waals surface area (Å²) in [6.45, 7) is 9.05. The number of nitrogens with zero attached hydrogens (tertiary/aromatic N) is 2. The first kappa shape index (κ1) is 17.3. The Balaban J connectivity index is 1.95. The van der Waals surface area contributed by atoms with Gasteiger partial charge in [-0.3, -0.25) is 9.59 Å². The molecular weight excluding hydrogens is 292 g/mol. The number of carbonyl (C=O) groups excluding carboxylic acids is 2. The van der Waals surface area contributed by atoms with Crippen LogP contribution < -0.4 is 4.74 Å². The van der Waals surface area contributed by atoms with E-state index in [1.165, 1.54) is 0 Å². The Bertz CT molecular complexity index is 540. The smallest absolute Gasteiger partial charge is 0.253 e. The molecule has 126 valence electrons. The maximum absolute atomic E-state index is 12.6. The number of carbonyl (C=O) groups is 2. The van der Waals surface area contributed by atoms with Gasteiger partial charge in [0.15, 0.2) is 0 Å². The second-order valence-electron chi connectivity index (χ2n) is 6.38. The van der Waals surface area contributed by atoms with Crippen LogP contribution in [0.5, 0.6) is 5.75 Å². The number of ether oxygens (including phenoxy) is 1. The second-order valence-corrected chi connectivity index (χ2v) is 6.38. The molecule has 5 nitrogen and oxygen atoms in total.